The quantitative estimate of drug-likeness (QED) is 0.556. The molecule has 0 aromatic heterocycles. The van der Waals surface area contributed by atoms with Crippen LogP contribution in [0.3, 0.4) is 0 Å². The maximum Gasteiger partial charge on any atom is 0.127 e. The van der Waals surface area contributed by atoms with Crippen molar-refractivity contribution in [3.05, 3.63) is 95.6 Å². The summed E-state index contributed by atoms with van der Waals surface area (Å²) in [4.78, 5) is 2.14. The number of para-hydroxylation sites is 1. The van der Waals surface area contributed by atoms with E-state index in [1.165, 1.54) is 5.57 Å². The standard InChI is InChI=1S/C24H25NO2.ClH/c1-18(17-25(2)3)24(20-8-7-9-21(26)16-20)19-12-14-23(15-13-19)27-22-10-5-4-6-11-22;/h4-16,26H,17H2,1-3H3;1H. The SMILES string of the molecule is CC(CN(C)C)=C(c1ccc(Oc2ccccc2)cc1)c1cccc(O)c1.Cl. The second-order valence-electron chi connectivity index (χ2n) is 6.88. The van der Waals surface area contributed by atoms with Crippen molar-refractivity contribution in [2.45, 2.75) is 6.92 Å². The van der Waals surface area contributed by atoms with Crippen LogP contribution < -0.4 is 4.74 Å². The molecular formula is C24H26ClNO2. The minimum Gasteiger partial charge on any atom is -0.508 e. The van der Waals surface area contributed by atoms with Gasteiger partial charge in [0.1, 0.15) is 17.2 Å². The summed E-state index contributed by atoms with van der Waals surface area (Å²) in [6.45, 7) is 2.97. The zero-order chi connectivity index (χ0) is 19.2. The monoisotopic (exact) mass is 395 g/mol. The fourth-order valence-electron chi connectivity index (χ4n) is 3.19. The molecule has 146 valence electrons. The van der Waals surface area contributed by atoms with Crippen LogP contribution in [0.4, 0.5) is 0 Å². The molecule has 4 heteroatoms. The van der Waals surface area contributed by atoms with Crippen LogP contribution in [0.25, 0.3) is 5.57 Å². The van der Waals surface area contributed by atoms with Crippen molar-refractivity contribution in [3.8, 4) is 17.2 Å². The molecule has 28 heavy (non-hydrogen) atoms. The van der Waals surface area contributed by atoms with Crippen LogP contribution in [0, 0.1) is 0 Å². The molecule has 0 spiro atoms. The number of hydrogen-bond donors (Lipinski definition) is 1. The third-order valence-corrected chi connectivity index (χ3v) is 4.24. The Morgan fingerprint density at radius 3 is 2.07 bits per heavy atom. The summed E-state index contributed by atoms with van der Waals surface area (Å²) >= 11 is 0. The summed E-state index contributed by atoms with van der Waals surface area (Å²) in [6.07, 6.45) is 0. The van der Waals surface area contributed by atoms with Gasteiger partial charge in [0, 0.05) is 6.54 Å². The molecule has 3 aromatic rings. The molecule has 0 unspecified atom stereocenters. The first-order valence-electron chi connectivity index (χ1n) is 9.00. The lowest BCUT2D eigenvalue weighted by Crippen LogP contribution is -2.15. The zero-order valence-electron chi connectivity index (χ0n) is 16.4. The second kappa shape index (κ2) is 9.98. The number of nitrogens with zero attached hydrogens (tertiary/aromatic N) is 1. The summed E-state index contributed by atoms with van der Waals surface area (Å²) in [5.74, 6) is 1.88. The molecule has 0 saturated heterocycles. The summed E-state index contributed by atoms with van der Waals surface area (Å²) in [6, 6.07) is 25.3. The molecule has 1 N–H and O–H groups in total. The Balaban J connectivity index is 0.00000280. The van der Waals surface area contributed by atoms with E-state index in [9.17, 15) is 5.11 Å². The number of rotatable bonds is 6. The Labute approximate surface area is 173 Å². The number of halogens is 1. The maximum atomic E-state index is 9.93. The van der Waals surface area contributed by atoms with Crippen LogP contribution in [-0.2, 0) is 0 Å². The highest BCUT2D eigenvalue weighted by atomic mass is 35.5. The largest absolute Gasteiger partial charge is 0.508 e. The summed E-state index contributed by atoms with van der Waals surface area (Å²) < 4.78 is 5.90. The zero-order valence-corrected chi connectivity index (χ0v) is 17.2. The number of phenols is 1. The lowest BCUT2D eigenvalue weighted by Gasteiger charge is -2.17. The Bertz CT molecular complexity index is 919. The van der Waals surface area contributed by atoms with Crippen LogP contribution >= 0.6 is 12.4 Å². The minimum atomic E-state index is 0. The summed E-state index contributed by atoms with van der Waals surface area (Å²) in [5.41, 5.74) is 4.47. The van der Waals surface area contributed by atoms with E-state index in [1.54, 1.807) is 6.07 Å². The molecule has 0 aliphatic heterocycles. The molecule has 0 radical (unpaired) electrons. The second-order valence-corrected chi connectivity index (χ2v) is 6.88. The predicted octanol–water partition coefficient (Wildman–Crippen LogP) is 5.99. The summed E-state index contributed by atoms with van der Waals surface area (Å²) in [5, 5.41) is 9.93. The molecule has 0 amide bonds. The Morgan fingerprint density at radius 2 is 1.46 bits per heavy atom. The van der Waals surface area contributed by atoms with Gasteiger partial charge in [-0.25, -0.2) is 0 Å². The molecule has 0 saturated carbocycles. The molecular weight excluding hydrogens is 370 g/mol. The van der Waals surface area contributed by atoms with Gasteiger partial charge in [-0.05, 0) is 74.1 Å². The highest BCUT2D eigenvalue weighted by Crippen LogP contribution is 2.31. The maximum absolute atomic E-state index is 9.93. The van der Waals surface area contributed by atoms with Crippen LogP contribution in [0.1, 0.15) is 18.1 Å². The van der Waals surface area contributed by atoms with E-state index in [4.69, 9.17) is 4.74 Å². The number of ether oxygens (including phenoxy) is 1. The fraction of sp³-hybridized carbons (Fsp3) is 0.167. The minimum absolute atomic E-state index is 0. The van der Waals surface area contributed by atoms with E-state index in [0.717, 1.165) is 34.7 Å². The number of likely N-dealkylation sites (N-methyl/N-ethyl adjacent to an activating group) is 1. The van der Waals surface area contributed by atoms with Gasteiger partial charge in [-0.1, -0.05) is 48.0 Å². The van der Waals surface area contributed by atoms with Crippen molar-refractivity contribution in [1.29, 1.82) is 0 Å². The highest BCUT2D eigenvalue weighted by molar-refractivity contribution is 5.85. The summed E-state index contributed by atoms with van der Waals surface area (Å²) in [7, 11) is 4.11. The van der Waals surface area contributed by atoms with Gasteiger partial charge in [-0.2, -0.15) is 0 Å². The third kappa shape index (κ3) is 5.62. The Hall–Kier alpha value is -2.75. The first kappa shape index (κ1) is 21.5. The third-order valence-electron chi connectivity index (χ3n) is 4.24. The first-order chi connectivity index (χ1) is 13.0. The van der Waals surface area contributed by atoms with E-state index in [-0.39, 0.29) is 18.2 Å². The topological polar surface area (TPSA) is 32.7 Å². The van der Waals surface area contributed by atoms with Gasteiger partial charge < -0.3 is 14.7 Å². The smallest absolute Gasteiger partial charge is 0.127 e. The van der Waals surface area contributed by atoms with Crippen LogP contribution in [0.5, 0.6) is 17.2 Å². The van der Waals surface area contributed by atoms with Gasteiger partial charge in [0.25, 0.3) is 0 Å². The van der Waals surface area contributed by atoms with E-state index < -0.39 is 0 Å². The van der Waals surface area contributed by atoms with Gasteiger partial charge in [0.2, 0.25) is 0 Å². The van der Waals surface area contributed by atoms with Crippen molar-refractivity contribution in [3.63, 3.8) is 0 Å². The number of phenolic OH excluding ortho intramolecular Hbond substituents is 1. The van der Waals surface area contributed by atoms with Gasteiger partial charge in [0.05, 0.1) is 0 Å². The van der Waals surface area contributed by atoms with Crippen LogP contribution in [0.2, 0.25) is 0 Å². The molecule has 0 heterocycles. The van der Waals surface area contributed by atoms with Crippen LogP contribution in [-0.4, -0.2) is 30.6 Å². The van der Waals surface area contributed by atoms with Crippen molar-refractivity contribution in [1.82, 2.24) is 4.90 Å². The molecule has 0 bridgehead atoms. The van der Waals surface area contributed by atoms with Gasteiger partial charge in [-0.15, -0.1) is 12.4 Å². The predicted molar refractivity (Wildman–Crippen MR) is 119 cm³/mol. The van der Waals surface area contributed by atoms with Crippen LogP contribution in [0.15, 0.2) is 84.4 Å². The normalized spacial score (nSPS) is 11.6. The Kier molecular flexibility index (Phi) is 7.68. The van der Waals surface area contributed by atoms with E-state index >= 15 is 0 Å². The molecule has 0 fully saturated rings. The lowest BCUT2D eigenvalue weighted by atomic mass is 9.93. The van der Waals surface area contributed by atoms with E-state index in [0.29, 0.717) is 0 Å². The van der Waals surface area contributed by atoms with Gasteiger partial charge >= 0.3 is 0 Å². The van der Waals surface area contributed by atoms with Crippen molar-refractivity contribution < 1.29 is 9.84 Å². The van der Waals surface area contributed by atoms with E-state index in [1.807, 2.05) is 60.7 Å². The molecule has 3 rings (SSSR count). The molecule has 3 nitrogen and oxygen atoms in total. The van der Waals surface area contributed by atoms with Crippen molar-refractivity contribution >= 4 is 18.0 Å². The lowest BCUT2D eigenvalue weighted by molar-refractivity contribution is 0.446. The highest BCUT2D eigenvalue weighted by Gasteiger charge is 2.11. The molecule has 0 atom stereocenters. The van der Waals surface area contributed by atoms with Gasteiger partial charge in [0.15, 0.2) is 0 Å². The number of hydrogen-bond acceptors (Lipinski definition) is 3. The first-order valence-corrected chi connectivity index (χ1v) is 9.00. The van der Waals surface area contributed by atoms with Crippen molar-refractivity contribution in [2.75, 3.05) is 20.6 Å². The average molecular weight is 396 g/mol. The van der Waals surface area contributed by atoms with E-state index in [2.05, 4.69) is 38.1 Å². The molecule has 0 aliphatic carbocycles. The number of benzene rings is 3. The fourth-order valence-corrected chi connectivity index (χ4v) is 3.19. The molecule has 0 aliphatic rings. The Morgan fingerprint density at radius 1 is 0.821 bits per heavy atom. The van der Waals surface area contributed by atoms with Gasteiger partial charge in [-0.3, -0.25) is 0 Å². The molecule has 3 aromatic carbocycles. The average Bonchev–Trinajstić information content (AvgIpc) is 2.64. The number of aromatic hydroxyl groups is 1. The van der Waals surface area contributed by atoms with Crippen molar-refractivity contribution in [2.24, 2.45) is 0 Å².